The predicted molar refractivity (Wildman–Crippen MR) is 121 cm³/mol. The van der Waals surface area contributed by atoms with Crippen molar-refractivity contribution in [1.82, 2.24) is 9.13 Å². The van der Waals surface area contributed by atoms with Crippen LogP contribution in [-0.2, 0) is 0 Å². The van der Waals surface area contributed by atoms with Crippen LogP contribution in [0.4, 0.5) is 0 Å². The lowest BCUT2D eigenvalue weighted by atomic mass is 9.95. The normalized spacial score (nSPS) is 13.7. The molecule has 0 aliphatic carbocycles. The largest absolute Gasteiger partial charge is 0.322 e. The van der Waals surface area contributed by atoms with E-state index in [1.165, 1.54) is 11.4 Å². The second kappa shape index (κ2) is 8.83. The molecule has 3 rings (SSSR count). The second-order valence-electron chi connectivity index (χ2n) is 8.32. The first-order valence-electron chi connectivity index (χ1n) is 10.5. The molecule has 0 fully saturated rings. The van der Waals surface area contributed by atoms with Crippen LogP contribution in [0.25, 0.3) is 0 Å². The van der Waals surface area contributed by atoms with E-state index in [2.05, 4.69) is 87.1 Å². The lowest BCUT2D eigenvalue weighted by molar-refractivity contribution is 0.469. The van der Waals surface area contributed by atoms with Crippen molar-refractivity contribution in [3.63, 3.8) is 0 Å². The van der Waals surface area contributed by atoms with Crippen molar-refractivity contribution in [3.05, 3.63) is 88.8 Å². The molecule has 2 N–H and O–H groups in total. The molecule has 0 saturated heterocycles. The molecule has 0 saturated carbocycles. The van der Waals surface area contributed by atoms with E-state index in [4.69, 9.17) is 10.7 Å². The highest BCUT2D eigenvalue weighted by molar-refractivity contribution is 5.27. The van der Waals surface area contributed by atoms with Gasteiger partial charge in [0, 0.05) is 23.5 Å². The van der Waals surface area contributed by atoms with Crippen LogP contribution in [0.2, 0.25) is 0 Å². The van der Waals surface area contributed by atoms with Crippen LogP contribution >= 0.6 is 0 Å². The van der Waals surface area contributed by atoms with E-state index in [9.17, 15) is 0 Å². The van der Waals surface area contributed by atoms with Gasteiger partial charge in [0.25, 0.3) is 0 Å². The minimum Gasteiger partial charge on any atom is -0.322 e. The number of imidazole rings is 1. The Balaban J connectivity index is 2.28. The maximum Gasteiger partial charge on any atom is 0.206 e. The molecule has 4 nitrogen and oxygen atoms in total. The molecule has 0 aliphatic heterocycles. The number of aromatic nitrogens is 2. The van der Waals surface area contributed by atoms with Gasteiger partial charge in [-0.25, -0.2) is 4.99 Å². The molecule has 0 aliphatic rings. The van der Waals surface area contributed by atoms with Crippen molar-refractivity contribution in [2.45, 2.75) is 65.7 Å². The van der Waals surface area contributed by atoms with E-state index in [0.29, 0.717) is 12.1 Å². The van der Waals surface area contributed by atoms with E-state index >= 15 is 0 Å². The Morgan fingerprint density at radius 3 is 1.52 bits per heavy atom. The highest BCUT2D eigenvalue weighted by Gasteiger charge is 2.23. The standard InChI is InChI=1S/C25H34N4/c1-17(2)28-19(5)20(6)29(18(3)4)25(28)27-24(22-15-11-8-12-16-22)23(26)21-13-9-7-10-14-21/h7-18,23-24H,26H2,1-6H3/t23-,24-/m0/s1. The minimum absolute atomic E-state index is 0.171. The van der Waals surface area contributed by atoms with E-state index in [-0.39, 0.29) is 12.1 Å². The quantitative estimate of drug-likeness (QED) is 0.601. The maximum atomic E-state index is 6.80. The topological polar surface area (TPSA) is 48.2 Å². The van der Waals surface area contributed by atoms with Crippen molar-refractivity contribution < 1.29 is 0 Å². The van der Waals surface area contributed by atoms with Gasteiger partial charge in [0.05, 0.1) is 12.1 Å². The lowest BCUT2D eigenvalue weighted by Crippen LogP contribution is -2.32. The smallest absolute Gasteiger partial charge is 0.206 e. The first kappa shape index (κ1) is 21.1. The van der Waals surface area contributed by atoms with Crippen molar-refractivity contribution in [1.29, 1.82) is 0 Å². The summed E-state index contributed by atoms with van der Waals surface area (Å²) >= 11 is 0. The third kappa shape index (κ3) is 4.23. The second-order valence-corrected chi connectivity index (χ2v) is 8.32. The number of rotatable bonds is 6. The average Bonchev–Trinajstić information content (AvgIpc) is 2.97. The molecule has 0 amide bonds. The van der Waals surface area contributed by atoms with Gasteiger partial charge in [0.15, 0.2) is 0 Å². The summed E-state index contributed by atoms with van der Waals surface area (Å²) in [5.41, 5.74) is 12.5. The predicted octanol–water partition coefficient (Wildman–Crippen LogP) is 5.41. The highest BCUT2D eigenvalue weighted by Crippen LogP contribution is 2.30. The minimum atomic E-state index is -0.227. The first-order chi connectivity index (χ1) is 13.8. The maximum absolute atomic E-state index is 6.80. The van der Waals surface area contributed by atoms with Gasteiger partial charge < -0.3 is 14.9 Å². The molecular weight excluding hydrogens is 356 g/mol. The van der Waals surface area contributed by atoms with Crippen molar-refractivity contribution in [3.8, 4) is 0 Å². The van der Waals surface area contributed by atoms with Crippen molar-refractivity contribution in [2.75, 3.05) is 0 Å². The van der Waals surface area contributed by atoms with E-state index in [1.807, 2.05) is 24.3 Å². The van der Waals surface area contributed by atoms with Crippen LogP contribution in [0.3, 0.4) is 0 Å². The fourth-order valence-electron chi connectivity index (χ4n) is 4.12. The Hall–Kier alpha value is -2.59. The van der Waals surface area contributed by atoms with Crippen molar-refractivity contribution >= 4 is 0 Å². The molecule has 0 bridgehead atoms. The molecule has 0 radical (unpaired) electrons. The summed E-state index contributed by atoms with van der Waals surface area (Å²) in [7, 11) is 0. The van der Waals surface area contributed by atoms with Crippen LogP contribution < -0.4 is 11.4 Å². The van der Waals surface area contributed by atoms with E-state index < -0.39 is 0 Å². The zero-order valence-electron chi connectivity index (χ0n) is 18.5. The zero-order valence-corrected chi connectivity index (χ0v) is 18.5. The third-order valence-electron chi connectivity index (χ3n) is 5.63. The van der Waals surface area contributed by atoms with Gasteiger partial charge in [-0.1, -0.05) is 60.7 Å². The molecule has 1 heterocycles. The van der Waals surface area contributed by atoms with Gasteiger partial charge in [0.2, 0.25) is 5.62 Å². The Morgan fingerprint density at radius 2 is 1.10 bits per heavy atom. The molecule has 1 aromatic heterocycles. The van der Waals surface area contributed by atoms with Crippen LogP contribution in [0, 0.1) is 13.8 Å². The number of nitrogens with two attached hydrogens (primary N) is 1. The number of hydrogen-bond acceptors (Lipinski definition) is 2. The van der Waals surface area contributed by atoms with Crippen LogP contribution in [0.1, 0.15) is 74.4 Å². The molecule has 154 valence electrons. The molecule has 0 unspecified atom stereocenters. The van der Waals surface area contributed by atoms with Crippen LogP contribution in [0.5, 0.6) is 0 Å². The Morgan fingerprint density at radius 1 is 0.690 bits per heavy atom. The Bertz CT molecular complexity index is 960. The summed E-state index contributed by atoms with van der Waals surface area (Å²) in [6.45, 7) is 13.2. The molecule has 0 spiro atoms. The van der Waals surface area contributed by atoms with Crippen LogP contribution in [-0.4, -0.2) is 9.13 Å². The van der Waals surface area contributed by atoms with Gasteiger partial charge in [0.1, 0.15) is 0 Å². The molecule has 29 heavy (non-hydrogen) atoms. The van der Waals surface area contributed by atoms with Gasteiger partial charge in [-0.3, -0.25) is 0 Å². The van der Waals surface area contributed by atoms with E-state index in [1.54, 1.807) is 0 Å². The number of hydrogen-bond donors (Lipinski definition) is 1. The summed E-state index contributed by atoms with van der Waals surface area (Å²) < 4.78 is 4.67. The molecular formula is C25H34N4. The summed E-state index contributed by atoms with van der Waals surface area (Å²) in [6, 6.07) is 20.9. The number of benzene rings is 2. The zero-order chi connectivity index (χ0) is 21.1. The summed E-state index contributed by atoms with van der Waals surface area (Å²) in [4.78, 5) is 5.33. The van der Waals surface area contributed by atoms with E-state index in [0.717, 1.165) is 16.7 Å². The summed E-state index contributed by atoms with van der Waals surface area (Å²) in [5.74, 6) is 0. The average molecular weight is 391 g/mol. The highest BCUT2D eigenvalue weighted by atomic mass is 15.2. The SMILES string of the molecule is Cc1c(C)n(C(C)C)c(=N[C@@H](c2ccccc2)[C@@H](N)c2ccccc2)n1C(C)C. The molecule has 4 heteroatoms. The third-order valence-corrected chi connectivity index (χ3v) is 5.63. The molecule has 3 aromatic rings. The molecule has 2 atom stereocenters. The summed E-state index contributed by atoms with van der Waals surface area (Å²) in [6.07, 6.45) is 0. The molecule has 2 aromatic carbocycles. The monoisotopic (exact) mass is 390 g/mol. The fraction of sp³-hybridized carbons (Fsp3) is 0.400. The Kier molecular flexibility index (Phi) is 6.43. The fourth-order valence-corrected chi connectivity index (χ4v) is 4.12. The van der Waals surface area contributed by atoms with Gasteiger partial charge in [-0.2, -0.15) is 0 Å². The first-order valence-corrected chi connectivity index (χ1v) is 10.5. The van der Waals surface area contributed by atoms with Crippen molar-refractivity contribution in [2.24, 2.45) is 10.7 Å². The van der Waals surface area contributed by atoms with Gasteiger partial charge >= 0.3 is 0 Å². The lowest BCUT2D eigenvalue weighted by Gasteiger charge is -2.22. The Labute approximate surface area is 174 Å². The van der Waals surface area contributed by atoms with Gasteiger partial charge in [-0.05, 0) is 52.7 Å². The summed E-state index contributed by atoms with van der Waals surface area (Å²) in [5, 5.41) is 0. The van der Waals surface area contributed by atoms with Gasteiger partial charge in [-0.15, -0.1) is 0 Å². The number of nitrogens with zero attached hydrogens (tertiary/aromatic N) is 3. The van der Waals surface area contributed by atoms with Crippen LogP contribution in [0.15, 0.2) is 65.7 Å².